The minimum Gasteiger partial charge on any atom is -0.490 e. The van der Waals surface area contributed by atoms with Gasteiger partial charge in [-0.15, -0.1) is 0 Å². The lowest BCUT2D eigenvalue weighted by Crippen LogP contribution is -2.32. The third-order valence-electron chi connectivity index (χ3n) is 4.96. The van der Waals surface area contributed by atoms with E-state index < -0.39 is 10.0 Å². The molecule has 0 aromatic heterocycles. The Bertz CT molecular complexity index is 1020. The summed E-state index contributed by atoms with van der Waals surface area (Å²) in [7, 11) is -3.94. The lowest BCUT2D eigenvalue weighted by Gasteiger charge is -2.15. The Morgan fingerprint density at radius 3 is 2.60 bits per heavy atom. The van der Waals surface area contributed by atoms with Crippen molar-refractivity contribution >= 4 is 21.6 Å². The van der Waals surface area contributed by atoms with Crippen molar-refractivity contribution in [3.05, 3.63) is 48.0 Å². The molecular formula is C21H24N2O6S. The molecule has 8 nitrogen and oxygen atoms in total. The topological polar surface area (TPSA) is 103 Å². The number of hydrogen-bond acceptors (Lipinski definition) is 6. The van der Waals surface area contributed by atoms with Crippen LogP contribution in [0.1, 0.15) is 29.6 Å². The smallest absolute Gasteiger partial charge is 0.262 e. The number of ether oxygens (including phenoxy) is 3. The van der Waals surface area contributed by atoms with E-state index in [2.05, 4.69) is 10.0 Å². The Hall–Kier alpha value is -2.78. The first kappa shape index (κ1) is 20.5. The molecule has 0 unspecified atom stereocenters. The Morgan fingerprint density at radius 1 is 1.00 bits per heavy atom. The normalized spacial score (nSPS) is 18.5. The average Bonchev–Trinajstić information content (AvgIpc) is 3.15. The van der Waals surface area contributed by atoms with Crippen LogP contribution in [0.15, 0.2) is 47.4 Å². The van der Waals surface area contributed by atoms with Gasteiger partial charge < -0.3 is 19.5 Å². The molecule has 9 heteroatoms. The van der Waals surface area contributed by atoms with Gasteiger partial charge in [0.25, 0.3) is 15.9 Å². The van der Waals surface area contributed by atoms with E-state index in [1.165, 1.54) is 12.1 Å². The molecular weight excluding hydrogens is 408 g/mol. The number of rotatable bonds is 6. The standard InChI is InChI=1S/C21H24N2O6S/c24-21(22-14-15-5-3-10-27-15)17-6-1-2-7-18(17)23-30(25,26)16-8-9-19-20(13-16)29-12-4-11-28-19/h1-2,6-9,13,15,23H,3-5,10-12,14H2,(H,22,24)/t15-/m0/s1. The van der Waals surface area contributed by atoms with Crippen molar-refractivity contribution in [2.75, 3.05) is 31.1 Å². The largest absolute Gasteiger partial charge is 0.490 e. The Kier molecular flexibility index (Phi) is 6.10. The molecule has 0 radical (unpaired) electrons. The quantitative estimate of drug-likeness (QED) is 0.727. The van der Waals surface area contributed by atoms with Crippen LogP contribution >= 0.6 is 0 Å². The molecule has 1 fully saturated rings. The van der Waals surface area contributed by atoms with Crippen LogP contribution in [0.4, 0.5) is 5.69 Å². The lowest BCUT2D eigenvalue weighted by atomic mass is 10.1. The van der Waals surface area contributed by atoms with Gasteiger partial charge in [0.05, 0.1) is 35.5 Å². The fourth-order valence-corrected chi connectivity index (χ4v) is 4.49. The van der Waals surface area contributed by atoms with E-state index in [0.29, 0.717) is 37.9 Å². The van der Waals surface area contributed by atoms with Crippen LogP contribution in [0.3, 0.4) is 0 Å². The second-order valence-electron chi connectivity index (χ2n) is 7.16. The maximum absolute atomic E-state index is 13.0. The molecule has 4 rings (SSSR count). The highest BCUT2D eigenvalue weighted by atomic mass is 32.2. The lowest BCUT2D eigenvalue weighted by molar-refractivity contribution is 0.0858. The van der Waals surface area contributed by atoms with Crippen molar-refractivity contribution in [3.63, 3.8) is 0 Å². The van der Waals surface area contributed by atoms with Gasteiger partial charge in [-0.2, -0.15) is 0 Å². The zero-order chi connectivity index (χ0) is 21.0. The van der Waals surface area contributed by atoms with Crippen LogP contribution in [0.2, 0.25) is 0 Å². The molecule has 30 heavy (non-hydrogen) atoms. The number of carbonyl (C=O) groups is 1. The van der Waals surface area contributed by atoms with Crippen LogP contribution in [-0.4, -0.2) is 46.8 Å². The van der Waals surface area contributed by atoms with E-state index in [0.717, 1.165) is 19.3 Å². The van der Waals surface area contributed by atoms with E-state index in [-0.39, 0.29) is 28.2 Å². The summed E-state index contributed by atoms with van der Waals surface area (Å²) in [5.74, 6) is 0.542. The van der Waals surface area contributed by atoms with Gasteiger partial charge in [-0.3, -0.25) is 9.52 Å². The van der Waals surface area contributed by atoms with Crippen LogP contribution in [0.25, 0.3) is 0 Å². The zero-order valence-corrected chi connectivity index (χ0v) is 17.2. The summed E-state index contributed by atoms with van der Waals surface area (Å²) in [4.78, 5) is 12.7. The molecule has 2 aliphatic rings. The van der Waals surface area contributed by atoms with Gasteiger partial charge >= 0.3 is 0 Å². The summed E-state index contributed by atoms with van der Waals surface area (Å²) in [6, 6.07) is 11.0. The van der Waals surface area contributed by atoms with Crippen molar-refractivity contribution in [2.24, 2.45) is 0 Å². The number of sulfonamides is 1. The first-order valence-corrected chi connectivity index (χ1v) is 11.4. The van der Waals surface area contributed by atoms with Crippen molar-refractivity contribution < 1.29 is 27.4 Å². The van der Waals surface area contributed by atoms with E-state index in [1.807, 2.05) is 0 Å². The van der Waals surface area contributed by atoms with Gasteiger partial charge in [0.1, 0.15) is 0 Å². The van der Waals surface area contributed by atoms with Gasteiger partial charge in [0.2, 0.25) is 0 Å². The van der Waals surface area contributed by atoms with E-state index >= 15 is 0 Å². The molecule has 2 aromatic carbocycles. The molecule has 2 aromatic rings. The number of fused-ring (bicyclic) bond motifs is 1. The summed E-state index contributed by atoms with van der Waals surface area (Å²) in [5, 5.41) is 2.82. The number of nitrogens with one attached hydrogen (secondary N) is 2. The molecule has 160 valence electrons. The molecule has 1 atom stereocenters. The van der Waals surface area contributed by atoms with E-state index in [4.69, 9.17) is 14.2 Å². The Labute approximate surface area is 175 Å². The van der Waals surface area contributed by atoms with Crippen LogP contribution in [0, 0.1) is 0 Å². The Morgan fingerprint density at radius 2 is 1.80 bits per heavy atom. The number of hydrogen-bond donors (Lipinski definition) is 2. The number of benzene rings is 2. The number of carbonyl (C=O) groups excluding carboxylic acids is 1. The highest BCUT2D eigenvalue weighted by Gasteiger charge is 2.22. The van der Waals surface area contributed by atoms with Gasteiger partial charge in [0, 0.05) is 25.6 Å². The van der Waals surface area contributed by atoms with Gasteiger partial charge in [-0.05, 0) is 37.1 Å². The summed E-state index contributed by atoms with van der Waals surface area (Å²) in [6.45, 7) is 2.07. The summed E-state index contributed by atoms with van der Waals surface area (Å²) in [5.41, 5.74) is 0.447. The molecule has 2 aliphatic heterocycles. The van der Waals surface area contributed by atoms with Crippen LogP contribution in [-0.2, 0) is 14.8 Å². The van der Waals surface area contributed by atoms with Gasteiger partial charge in [-0.25, -0.2) is 8.42 Å². The van der Waals surface area contributed by atoms with Crippen LogP contribution in [0.5, 0.6) is 11.5 Å². The Balaban J connectivity index is 1.52. The molecule has 2 heterocycles. The number of amides is 1. The molecule has 0 bridgehead atoms. The highest BCUT2D eigenvalue weighted by molar-refractivity contribution is 7.92. The molecule has 0 aliphatic carbocycles. The van der Waals surface area contributed by atoms with Gasteiger partial charge in [-0.1, -0.05) is 12.1 Å². The SMILES string of the molecule is O=C(NC[C@@H]1CCCO1)c1ccccc1NS(=O)(=O)c1ccc2c(c1)OCCCO2. The predicted molar refractivity (Wildman–Crippen MR) is 111 cm³/mol. The summed E-state index contributed by atoms with van der Waals surface area (Å²) in [6.07, 6.45) is 2.61. The van der Waals surface area contributed by atoms with Gasteiger partial charge in [0.15, 0.2) is 11.5 Å². The molecule has 1 amide bonds. The zero-order valence-electron chi connectivity index (χ0n) is 16.4. The second kappa shape index (κ2) is 8.93. The van der Waals surface area contributed by atoms with Crippen molar-refractivity contribution in [1.82, 2.24) is 5.32 Å². The van der Waals surface area contributed by atoms with Crippen LogP contribution < -0.4 is 19.5 Å². The van der Waals surface area contributed by atoms with Crippen molar-refractivity contribution in [2.45, 2.75) is 30.3 Å². The molecule has 0 saturated carbocycles. The fourth-order valence-electron chi connectivity index (χ4n) is 3.39. The van der Waals surface area contributed by atoms with Crippen molar-refractivity contribution in [1.29, 1.82) is 0 Å². The number of para-hydroxylation sites is 1. The van der Waals surface area contributed by atoms with Crippen molar-refractivity contribution in [3.8, 4) is 11.5 Å². The maximum atomic E-state index is 13.0. The summed E-state index contributed by atoms with van der Waals surface area (Å²) >= 11 is 0. The third kappa shape index (κ3) is 4.68. The van der Waals surface area contributed by atoms with E-state index in [1.54, 1.807) is 30.3 Å². The van der Waals surface area contributed by atoms with E-state index in [9.17, 15) is 13.2 Å². The number of anilines is 1. The third-order valence-corrected chi connectivity index (χ3v) is 6.32. The monoisotopic (exact) mass is 432 g/mol. The molecule has 2 N–H and O–H groups in total. The average molecular weight is 432 g/mol. The first-order chi connectivity index (χ1) is 14.5. The fraction of sp³-hybridized carbons (Fsp3) is 0.381. The summed E-state index contributed by atoms with van der Waals surface area (Å²) < 4.78 is 45.1. The second-order valence-corrected chi connectivity index (χ2v) is 8.84. The minimum atomic E-state index is -3.94. The predicted octanol–water partition coefficient (Wildman–Crippen LogP) is 2.56. The maximum Gasteiger partial charge on any atom is 0.262 e. The minimum absolute atomic E-state index is 0.000370. The highest BCUT2D eigenvalue weighted by Crippen LogP contribution is 2.32. The molecule has 0 spiro atoms. The molecule has 1 saturated heterocycles. The first-order valence-electron chi connectivity index (χ1n) is 9.94.